The van der Waals surface area contributed by atoms with Crippen molar-refractivity contribution in [1.82, 2.24) is 0 Å². The van der Waals surface area contributed by atoms with Gasteiger partial charge in [-0.15, -0.1) is 0 Å². The molecule has 0 spiro atoms. The molecule has 0 aliphatic rings. The second-order valence-corrected chi connectivity index (χ2v) is 2.99. The van der Waals surface area contributed by atoms with Gasteiger partial charge in [0.15, 0.2) is 0 Å². The largest absolute Gasteiger partial charge is 0.433 e. The van der Waals surface area contributed by atoms with Crippen LogP contribution in [0.3, 0.4) is 0 Å². The molecule has 0 saturated heterocycles. The van der Waals surface area contributed by atoms with E-state index in [0.29, 0.717) is 0 Å². The SMILES string of the molecule is CCCC(F)(P=O)C(F)(F)F. The van der Waals surface area contributed by atoms with Crippen molar-refractivity contribution in [2.75, 3.05) is 0 Å². The van der Waals surface area contributed by atoms with Crippen LogP contribution in [0.15, 0.2) is 0 Å². The van der Waals surface area contributed by atoms with Crippen molar-refractivity contribution in [3.8, 4) is 0 Å². The molecule has 0 radical (unpaired) electrons. The third kappa shape index (κ3) is 2.40. The summed E-state index contributed by atoms with van der Waals surface area (Å²) in [6.45, 7) is 1.39. The smallest absolute Gasteiger partial charge is 0.271 e. The van der Waals surface area contributed by atoms with Crippen molar-refractivity contribution in [2.24, 2.45) is 0 Å². The van der Waals surface area contributed by atoms with Crippen molar-refractivity contribution in [1.29, 1.82) is 0 Å². The normalized spacial score (nSPS) is 18.3. The number of hydrogen-bond acceptors (Lipinski definition) is 1. The lowest BCUT2D eigenvalue weighted by Crippen LogP contribution is -2.34. The zero-order valence-electron chi connectivity index (χ0n) is 5.78. The number of alkyl halides is 4. The summed E-state index contributed by atoms with van der Waals surface area (Å²) < 4.78 is 57.6. The fourth-order valence-corrected chi connectivity index (χ4v) is 0.989. The van der Waals surface area contributed by atoms with Crippen LogP contribution in [0.4, 0.5) is 17.6 Å². The third-order valence-electron chi connectivity index (χ3n) is 1.16. The molecule has 0 amide bonds. The van der Waals surface area contributed by atoms with Crippen LogP contribution in [-0.4, -0.2) is 11.6 Å². The molecule has 0 rings (SSSR count). The second-order valence-electron chi connectivity index (χ2n) is 2.10. The molecule has 0 aliphatic carbocycles. The Kier molecular flexibility index (Phi) is 3.42. The highest BCUT2D eigenvalue weighted by Crippen LogP contribution is 2.45. The van der Waals surface area contributed by atoms with Crippen LogP contribution in [0.1, 0.15) is 19.8 Å². The molecule has 0 bridgehead atoms. The highest BCUT2D eigenvalue weighted by Gasteiger charge is 2.56. The minimum atomic E-state index is -5.04. The van der Waals surface area contributed by atoms with Gasteiger partial charge in [-0.2, -0.15) is 13.2 Å². The van der Waals surface area contributed by atoms with Gasteiger partial charge in [0.1, 0.15) is 0 Å². The lowest BCUT2D eigenvalue weighted by atomic mass is 10.2. The lowest BCUT2D eigenvalue weighted by molar-refractivity contribution is -0.198. The van der Waals surface area contributed by atoms with Crippen molar-refractivity contribution < 1.29 is 22.1 Å². The fraction of sp³-hybridized carbons (Fsp3) is 1.00. The molecule has 1 unspecified atom stereocenters. The quantitative estimate of drug-likeness (QED) is 0.492. The monoisotopic (exact) mass is 190 g/mol. The van der Waals surface area contributed by atoms with Gasteiger partial charge in [-0.1, -0.05) is 13.3 Å². The van der Waals surface area contributed by atoms with Gasteiger partial charge in [-0.05, 0) is 0 Å². The average molecular weight is 190 g/mol. The highest BCUT2D eigenvalue weighted by molar-refractivity contribution is 7.25. The van der Waals surface area contributed by atoms with Crippen LogP contribution in [0.5, 0.6) is 0 Å². The topological polar surface area (TPSA) is 17.1 Å². The predicted octanol–water partition coefficient (Wildman–Crippen LogP) is 3.31. The third-order valence-corrected chi connectivity index (χ3v) is 1.93. The molecule has 0 aromatic carbocycles. The van der Waals surface area contributed by atoms with E-state index in [4.69, 9.17) is 0 Å². The molecule has 0 aliphatic heterocycles. The summed E-state index contributed by atoms with van der Waals surface area (Å²) in [5.41, 5.74) is 0. The highest BCUT2D eigenvalue weighted by atomic mass is 31.1. The summed E-state index contributed by atoms with van der Waals surface area (Å²) >= 11 is 0. The fourth-order valence-electron chi connectivity index (χ4n) is 0.570. The van der Waals surface area contributed by atoms with E-state index < -0.39 is 26.5 Å². The van der Waals surface area contributed by atoms with E-state index in [1.54, 1.807) is 0 Å². The van der Waals surface area contributed by atoms with Gasteiger partial charge < -0.3 is 0 Å². The molecule has 0 heterocycles. The summed E-state index contributed by atoms with van der Waals surface area (Å²) in [6.07, 6.45) is -5.79. The summed E-state index contributed by atoms with van der Waals surface area (Å²) in [5, 5.41) is -3.55. The van der Waals surface area contributed by atoms with Gasteiger partial charge in [0.2, 0.25) is 8.46 Å². The summed E-state index contributed by atoms with van der Waals surface area (Å²) in [4.78, 5) is 0. The predicted molar refractivity (Wildman–Crippen MR) is 32.4 cm³/mol. The van der Waals surface area contributed by atoms with Gasteiger partial charge in [0.05, 0.1) is 0 Å². The van der Waals surface area contributed by atoms with Gasteiger partial charge in [0.25, 0.3) is 5.41 Å². The molecule has 6 heteroatoms. The Labute approximate surface area is 63.0 Å². The Hall–Kier alpha value is -0.180. The molecule has 0 saturated carbocycles. The van der Waals surface area contributed by atoms with E-state index >= 15 is 0 Å². The first-order chi connectivity index (χ1) is 4.87. The van der Waals surface area contributed by atoms with Crippen molar-refractivity contribution >= 4 is 8.46 Å². The van der Waals surface area contributed by atoms with E-state index in [-0.39, 0.29) is 6.42 Å². The van der Waals surface area contributed by atoms with Crippen LogP contribution in [0.25, 0.3) is 0 Å². The van der Waals surface area contributed by atoms with Crippen LogP contribution < -0.4 is 0 Å². The Morgan fingerprint density at radius 1 is 1.27 bits per heavy atom. The van der Waals surface area contributed by atoms with Crippen LogP contribution in [-0.2, 0) is 4.57 Å². The van der Waals surface area contributed by atoms with Crippen LogP contribution >= 0.6 is 8.46 Å². The van der Waals surface area contributed by atoms with E-state index in [1.807, 2.05) is 0 Å². The zero-order valence-corrected chi connectivity index (χ0v) is 6.68. The Morgan fingerprint density at radius 3 is 1.82 bits per heavy atom. The number of halogens is 4. The lowest BCUT2D eigenvalue weighted by Gasteiger charge is -2.19. The first-order valence-corrected chi connectivity index (χ1v) is 3.79. The van der Waals surface area contributed by atoms with Crippen LogP contribution in [0.2, 0.25) is 0 Å². The van der Waals surface area contributed by atoms with Crippen molar-refractivity contribution in [3.05, 3.63) is 0 Å². The average Bonchev–Trinajstić information content (AvgIpc) is 1.86. The molecular formula is C5H7F4OP. The minimum absolute atomic E-state index is 0.00521. The van der Waals surface area contributed by atoms with E-state index in [0.717, 1.165) is 0 Å². The molecule has 1 nitrogen and oxygen atoms in total. The molecule has 0 aromatic rings. The van der Waals surface area contributed by atoms with Crippen molar-refractivity contribution in [2.45, 2.75) is 31.4 Å². The number of hydrogen-bond donors (Lipinski definition) is 0. The maximum Gasteiger partial charge on any atom is 0.433 e. The maximum absolute atomic E-state index is 12.6. The minimum Gasteiger partial charge on any atom is -0.271 e. The first kappa shape index (κ1) is 10.8. The van der Waals surface area contributed by atoms with Gasteiger partial charge >= 0.3 is 6.18 Å². The summed E-state index contributed by atoms with van der Waals surface area (Å²) in [5.74, 6) is 0. The van der Waals surface area contributed by atoms with Crippen LogP contribution in [0, 0.1) is 0 Å². The van der Waals surface area contributed by atoms with E-state index in [2.05, 4.69) is 0 Å². The van der Waals surface area contributed by atoms with Crippen molar-refractivity contribution in [3.63, 3.8) is 0 Å². The molecule has 11 heavy (non-hydrogen) atoms. The summed E-state index contributed by atoms with van der Waals surface area (Å²) in [6, 6.07) is 0. The van der Waals surface area contributed by atoms with Gasteiger partial charge in [-0.25, -0.2) is 4.39 Å². The molecular weight excluding hydrogens is 183 g/mol. The summed E-state index contributed by atoms with van der Waals surface area (Å²) in [7, 11) is -1.51. The van der Waals surface area contributed by atoms with E-state index in [9.17, 15) is 22.1 Å². The Morgan fingerprint density at radius 2 is 1.73 bits per heavy atom. The van der Waals surface area contributed by atoms with Gasteiger partial charge in [0, 0.05) is 6.42 Å². The number of rotatable bonds is 3. The molecule has 1 atom stereocenters. The Bertz CT molecular complexity index is 146. The first-order valence-electron chi connectivity index (χ1n) is 2.97. The second kappa shape index (κ2) is 3.48. The zero-order chi connectivity index (χ0) is 9.12. The Balaban J connectivity index is 4.46. The molecule has 0 fully saturated rings. The maximum atomic E-state index is 12.6. The molecule has 0 N–H and O–H groups in total. The standard InChI is InChI=1S/C5H7F4OP/c1-2-3-4(6,11-10)5(7,8)9/h2-3H2,1H3. The van der Waals surface area contributed by atoms with E-state index in [1.165, 1.54) is 6.92 Å². The van der Waals surface area contributed by atoms with Gasteiger partial charge in [-0.3, -0.25) is 4.57 Å². The molecule has 66 valence electrons. The molecule has 0 aromatic heterocycles.